The van der Waals surface area contributed by atoms with Crippen LogP contribution in [-0.4, -0.2) is 343 Å². The number of ether oxygens (including phenoxy) is 30. The van der Waals surface area contributed by atoms with Crippen LogP contribution in [0.2, 0.25) is 0 Å². The summed E-state index contributed by atoms with van der Waals surface area (Å²) in [6.45, 7) is 6.58. The zero-order valence-electron chi connectivity index (χ0n) is 68.3. The minimum Gasteiger partial charge on any atom is -0.480 e. The normalized spacial score (nSPS) is 34.5. The second-order valence-corrected chi connectivity index (χ2v) is 27.7. The molecule has 0 radical (unpaired) electrons. The van der Waals surface area contributed by atoms with Crippen LogP contribution in [0.5, 0.6) is 0 Å². The van der Waals surface area contributed by atoms with Crippen molar-refractivity contribution in [3.63, 3.8) is 0 Å². The summed E-state index contributed by atoms with van der Waals surface area (Å²) in [5.74, 6) is -22.2. The van der Waals surface area contributed by atoms with Crippen molar-refractivity contribution in [1.82, 2.24) is 0 Å². The number of hydrogen-bond acceptors (Lipinski definition) is 48. The Kier molecular flexibility index (Phi) is 36.2. The highest BCUT2D eigenvalue weighted by molar-refractivity contribution is 5.72. The molecule has 0 aromatic rings. The number of carbonyl (C=O) groups excluding carboxylic acids is 17. The van der Waals surface area contributed by atoms with Crippen molar-refractivity contribution < 1.29 is 234 Å². The van der Waals surface area contributed by atoms with Crippen LogP contribution in [0.4, 0.5) is 0 Å². The molecule has 0 unspecified atom stereocenters. The molecule has 0 spiro atoms. The average molecular weight is 1750 g/mol. The maximum absolute atomic E-state index is 13.8. The number of aliphatic carboxylic acids is 1. The zero-order chi connectivity index (χ0) is 89.9. The smallest absolute Gasteiger partial charge is 0.329 e. The van der Waals surface area contributed by atoms with E-state index >= 15 is 0 Å². The Morgan fingerprint density at radius 1 is 0.190 bits per heavy atom. The van der Waals surface area contributed by atoms with Gasteiger partial charge in [0, 0.05) is 118 Å². The van der Waals surface area contributed by atoms with E-state index < -0.39 is 338 Å². The van der Waals surface area contributed by atoms with Crippen LogP contribution in [0, 0.1) is 0 Å². The van der Waals surface area contributed by atoms with Gasteiger partial charge in [0.25, 0.3) is 0 Å². The Morgan fingerprint density at radius 3 is 0.455 bits per heavy atom. The third kappa shape index (κ3) is 28.2. The Hall–Kier alpha value is -10.1. The molecule has 121 heavy (non-hydrogen) atoms. The van der Waals surface area contributed by atoms with Crippen molar-refractivity contribution in [3.05, 3.63) is 0 Å². The average Bonchev–Trinajstić information content (AvgIpc) is 0.756. The molecule has 0 saturated carbocycles. The van der Waals surface area contributed by atoms with Crippen LogP contribution < -0.4 is 0 Å². The number of carboxylic acids is 1. The molecule has 22 aliphatic rings. The van der Waals surface area contributed by atoms with Gasteiger partial charge in [-0.25, -0.2) is 4.79 Å². The Bertz CT molecular complexity index is 3720. The van der Waals surface area contributed by atoms with E-state index in [1.807, 2.05) is 0 Å². The molecule has 22 heterocycles. The fourth-order valence-electron chi connectivity index (χ4n) is 13.7. The topological polar surface area (TPSA) is 604 Å². The van der Waals surface area contributed by atoms with E-state index in [1.165, 1.54) is 0 Å². The molecule has 0 aromatic carbocycles. The lowest BCUT2D eigenvalue weighted by molar-refractivity contribution is -0.404. The minimum absolute atomic E-state index is 0.807. The largest absolute Gasteiger partial charge is 0.480 e. The van der Waals surface area contributed by atoms with Crippen molar-refractivity contribution in [2.45, 2.75) is 302 Å². The maximum Gasteiger partial charge on any atom is 0.329 e. The summed E-state index contributed by atoms with van der Waals surface area (Å²) in [6, 6.07) is 0. The minimum atomic E-state index is -2.43. The molecule has 0 aliphatic carbocycles. The van der Waals surface area contributed by atoms with Crippen LogP contribution in [0.3, 0.4) is 0 Å². The molecule has 1 N–H and O–H groups in total. The predicted molar refractivity (Wildman–Crippen MR) is 369 cm³/mol. The molecule has 0 amide bonds. The fourth-order valence-corrected chi connectivity index (χ4v) is 13.7. The lowest BCUT2D eigenvalue weighted by Gasteiger charge is -2.52. The van der Waals surface area contributed by atoms with Gasteiger partial charge in [0.05, 0.1) is 0 Å². The van der Waals surface area contributed by atoms with Gasteiger partial charge >= 0.3 is 107 Å². The number of carbonyl (C=O) groups is 18. The molecule has 49 heteroatoms. The van der Waals surface area contributed by atoms with E-state index in [-0.39, 0.29) is 0 Å². The first kappa shape index (κ1) is 98.1. The van der Waals surface area contributed by atoms with Gasteiger partial charge in [-0.05, 0) is 0 Å². The van der Waals surface area contributed by atoms with E-state index in [1.54, 1.807) is 0 Å². The van der Waals surface area contributed by atoms with E-state index in [0.717, 1.165) is 118 Å². The second kappa shape index (κ2) is 44.7. The molecule has 12 bridgehead atoms. The number of carboxylic acid groups (broad SMARTS) is 1. The molecular weight excluding hydrogens is 1650 g/mol. The van der Waals surface area contributed by atoms with Gasteiger partial charge in [0.15, 0.2) is 105 Å². The SMILES string of the molecule is CC(=O)OC[C@H]1O[C@@H]2O[C@H]3[C@H](OC(C)=O)[C@@H](OC(C)=O)[C@@H](O[C@H]4[C@H](OC(C)=O)[C@@H](OC(C)=O)[C@@H](O[C@H]5[C@H](OC(C)=O)[C@@H](OC(C)=O)[C@@H](O[C@H]6[C@H](OC(C)=O)[C@@H](OC(C)=O)[C@@H](O[C@H]7[C@H](OC(C)=O)[C@@H](OC(C)=O)[C@@H](O[C@H]1[C@H](OC(C)=O)[C@H]2OCC(=O)O)O[C@@H]7COC(C)=O)O[C@@H]6COC(C)=O)O[C@@H]5COC(C)=O)O[C@@H]4COC(C)=O)O[C@@H]3COC(C)=O. The van der Waals surface area contributed by atoms with Gasteiger partial charge < -0.3 is 147 Å². The summed E-state index contributed by atoms with van der Waals surface area (Å²) in [5, 5.41) is 10.3. The zero-order valence-corrected chi connectivity index (χ0v) is 68.3. The van der Waals surface area contributed by atoms with Gasteiger partial charge in [0.2, 0.25) is 0 Å². The van der Waals surface area contributed by atoms with Crippen LogP contribution in [0.1, 0.15) is 118 Å². The van der Waals surface area contributed by atoms with E-state index in [9.17, 15) is 91.4 Å². The van der Waals surface area contributed by atoms with E-state index in [2.05, 4.69) is 0 Å². The molecule has 0 aromatic heterocycles. The third-order valence-electron chi connectivity index (χ3n) is 17.7. The third-order valence-corrected chi connectivity index (χ3v) is 17.7. The first-order chi connectivity index (χ1) is 56.8. The van der Waals surface area contributed by atoms with Crippen LogP contribution in [0.25, 0.3) is 0 Å². The van der Waals surface area contributed by atoms with Crippen molar-refractivity contribution in [3.8, 4) is 0 Å². The predicted octanol–water partition coefficient (Wildman–Crippen LogP) is -3.24. The molecule has 22 fully saturated rings. The van der Waals surface area contributed by atoms with Crippen molar-refractivity contribution in [2.75, 3.05) is 46.2 Å². The first-order valence-corrected chi connectivity index (χ1v) is 37.2. The van der Waals surface area contributed by atoms with E-state index in [4.69, 9.17) is 142 Å². The van der Waals surface area contributed by atoms with Crippen molar-refractivity contribution in [1.29, 1.82) is 0 Å². The Balaban J connectivity index is 1.64. The number of esters is 17. The highest BCUT2D eigenvalue weighted by Crippen LogP contribution is 2.44. The second-order valence-electron chi connectivity index (χ2n) is 27.7. The van der Waals surface area contributed by atoms with Crippen LogP contribution >= 0.6 is 0 Å². The fraction of sp³-hybridized carbons (Fsp3) is 0.750. The summed E-state index contributed by atoms with van der Waals surface area (Å²) in [6.07, 6.45) is -67.9. The quantitative estimate of drug-likeness (QED) is 0.0657. The van der Waals surface area contributed by atoms with Gasteiger partial charge in [-0.15, -0.1) is 0 Å². The molecular formula is C72H96O49. The Labute approximate surface area is 687 Å². The Morgan fingerprint density at radius 2 is 0.322 bits per heavy atom. The summed E-state index contributed by atoms with van der Waals surface area (Å²) in [4.78, 5) is 242. The summed E-state index contributed by atoms with van der Waals surface area (Å²) in [5.41, 5.74) is 0. The number of hydrogen-bond donors (Lipinski definition) is 1. The highest BCUT2D eigenvalue weighted by Gasteiger charge is 2.65. The van der Waals surface area contributed by atoms with E-state index in [0.29, 0.717) is 0 Å². The number of rotatable bonds is 26. The van der Waals surface area contributed by atoms with Gasteiger partial charge in [-0.2, -0.15) is 0 Å². The first-order valence-electron chi connectivity index (χ1n) is 37.2. The highest BCUT2D eigenvalue weighted by atomic mass is 16.8. The summed E-state index contributed by atoms with van der Waals surface area (Å²) >= 11 is 0. The van der Waals surface area contributed by atoms with Gasteiger partial charge in [-0.3, -0.25) is 81.5 Å². The van der Waals surface area contributed by atoms with Crippen LogP contribution in [-0.2, 0) is 228 Å². The van der Waals surface area contributed by atoms with Crippen molar-refractivity contribution in [2.24, 2.45) is 0 Å². The van der Waals surface area contributed by atoms with Gasteiger partial charge in [-0.1, -0.05) is 0 Å². The standard InChI is InChI=1S/C72H96O49/c1-25(73)92-18-42-49-55(99-31(7)79)61(98-24-48(90)91)67(110-42)116-50-43(19-93-26(2)74)111-69(62(105-37(13)85)56(50)100-32(8)80)118-52-45(21-95-28(4)76)113-71(64(107-39(15)87)58(52)102-34(10)82)120-54-47(23-97-30(6)78)115-72(66(109-41(17)89)60(54)104-36(12)84)121-53-46(22-96-29(5)77)114-70(65(108-40(16)88)59(53)103-35(11)83)119-51-44(20-94-27(3)75)112-68(117-49)63(106-38(14)86)57(51)101-33(9)81/h42-47,49-72H,18-24H2,1-17H3,(H,90,91)/t42-,43-,44-,45-,46-,47-,49-,50-,51-,52-,53-,54-,55+,56+,57+,58+,59+,60+,61-,62-,63-,64-,65-,66-,67-,68-,69-,70-,71-,72-/m1/s1. The van der Waals surface area contributed by atoms with Crippen LogP contribution in [0.15, 0.2) is 0 Å². The molecule has 22 saturated heterocycles. The summed E-state index contributed by atoms with van der Waals surface area (Å²) in [7, 11) is 0. The van der Waals surface area contributed by atoms with Crippen molar-refractivity contribution >= 4 is 107 Å². The maximum atomic E-state index is 13.8. The lowest BCUT2D eigenvalue weighted by Crippen LogP contribution is -2.71. The molecule has 30 atom stereocenters. The lowest BCUT2D eigenvalue weighted by atomic mass is 9.94. The molecule has 678 valence electrons. The molecule has 22 rings (SSSR count). The molecule has 22 aliphatic heterocycles. The monoisotopic (exact) mass is 1740 g/mol. The summed E-state index contributed by atoms with van der Waals surface area (Å²) < 4.78 is 183. The molecule has 49 nitrogen and oxygen atoms in total. The van der Waals surface area contributed by atoms with Gasteiger partial charge in [0.1, 0.15) is 126 Å².